The molecule has 1 fully saturated rings. The fraction of sp³-hybridized carbons (Fsp3) is 0.227. The van der Waals surface area contributed by atoms with Crippen LogP contribution in [0.5, 0.6) is 5.75 Å². The molecular weight excluding hydrogens is 450 g/mol. The number of nitrogens with one attached hydrogen (secondary N) is 2. The Morgan fingerprint density at radius 2 is 1.87 bits per heavy atom. The number of nitrogens with zero attached hydrogens (tertiary/aromatic N) is 1. The lowest BCUT2D eigenvalue weighted by Gasteiger charge is -2.17. The average Bonchev–Trinajstić information content (AvgIpc) is 3.14. The van der Waals surface area contributed by atoms with Crippen molar-refractivity contribution in [3.05, 3.63) is 65.7 Å². The predicted molar refractivity (Wildman–Crippen MR) is 118 cm³/mol. The highest BCUT2D eigenvalue weighted by Gasteiger charge is 2.34. The van der Waals surface area contributed by atoms with Crippen LogP contribution in [0.15, 0.2) is 65.7 Å². The van der Waals surface area contributed by atoms with Gasteiger partial charge in [0.25, 0.3) is 5.91 Å². The fourth-order valence-corrected chi connectivity index (χ4v) is 3.32. The molecule has 1 aliphatic rings. The van der Waals surface area contributed by atoms with E-state index in [1.165, 1.54) is 0 Å². The van der Waals surface area contributed by atoms with Gasteiger partial charge in [-0.25, -0.2) is 0 Å². The standard InChI is InChI=1S/C22H22BrN3O4/c1-2-11-24-22(29)15-12-21(28)26(13-15)18-7-9-19(10-8-18)30-14-20(27)25-17-5-3-16(23)4-6-17/h2-10,15H,1,11-14H2,(H,24,29)(H,25,27). The largest absolute Gasteiger partial charge is 0.484 e. The summed E-state index contributed by atoms with van der Waals surface area (Å²) in [5.74, 6) is -0.393. The maximum Gasteiger partial charge on any atom is 0.262 e. The number of halogens is 1. The molecule has 2 aromatic carbocycles. The number of carbonyl (C=O) groups is 3. The lowest BCUT2D eigenvalue weighted by Crippen LogP contribution is -2.32. The highest BCUT2D eigenvalue weighted by atomic mass is 79.9. The first kappa shape index (κ1) is 21.6. The van der Waals surface area contributed by atoms with Crippen LogP contribution in [-0.4, -0.2) is 37.4 Å². The Balaban J connectivity index is 1.51. The summed E-state index contributed by atoms with van der Waals surface area (Å²) in [6, 6.07) is 14.1. The minimum Gasteiger partial charge on any atom is -0.484 e. The summed E-state index contributed by atoms with van der Waals surface area (Å²) in [5.41, 5.74) is 1.37. The molecular formula is C22H22BrN3O4. The van der Waals surface area contributed by atoms with Crippen molar-refractivity contribution in [2.45, 2.75) is 6.42 Å². The van der Waals surface area contributed by atoms with Gasteiger partial charge in [0.2, 0.25) is 11.8 Å². The van der Waals surface area contributed by atoms with Gasteiger partial charge < -0.3 is 20.3 Å². The smallest absolute Gasteiger partial charge is 0.262 e. The van der Waals surface area contributed by atoms with Gasteiger partial charge in [0.05, 0.1) is 5.92 Å². The topological polar surface area (TPSA) is 87.7 Å². The van der Waals surface area contributed by atoms with E-state index in [2.05, 4.69) is 33.1 Å². The quantitative estimate of drug-likeness (QED) is 0.578. The van der Waals surface area contributed by atoms with Crippen LogP contribution >= 0.6 is 15.9 Å². The molecule has 0 radical (unpaired) electrons. The molecule has 1 saturated heterocycles. The monoisotopic (exact) mass is 471 g/mol. The minimum atomic E-state index is -0.379. The van der Waals surface area contributed by atoms with E-state index in [4.69, 9.17) is 4.74 Å². The van der Waals surface area contributed by atoms with E-state index >= 15 is 0 Å². The molecule has 2 aromatic rings. The lowest BCUT2D eigenvalue weighted by molar-refractivity contribution is -0.126. The molecule has 2 N–H and O–H groups in total. The van der Waals surface area contributed by atoms with Crippen molar-refractivity contribution in [3.63, 3.8) is 0 Å². The number of anilines is 2. The number of amides is 3. The van der Waals surface area contributed by atoms with Crippen LogP contribution in [0, 0.1) is 5.92 Å². The van der Waals surface area contributed by atoms with E-state index in [1.54, 1.807) is 47.4 Å². The number of ether oxygens (including phenoxy) is 1. The van der Waals surface area contributed by atoms with Crippen LogP contribution < -0.4 is 20.3 Å². The maximum absolute atomic E-state index is 12.3. The summed E-state index contributed by atoms with van der Waals surface area (Å²) in [5, 5.41) is 5.48. The van der Waals surface area contributed by atoms with E-state index in [0.717, 1.165) is 4.47 Å². The van der Waals surface area contributed by atoms with E-state index in [-0.39, 0.29) is 36.7 Å². The van der Waals surface area contributed by atoms with E-state index in [1.807, 2.05) is 12.1 Å². The molecule has 0 aromatic heterocycles. The van der Waals surface area contributed by atoms with Gasteiger partial charge in [-0.2, -0.15) is 0 Å². The first-order valence-corrected chi connectivity index (χ1v) is 10.2. The first-order valence-electron chi connectivity index (χ1n) is 9.43. The highest BCUT2D eigenvalue weighted by molar-refractivity contribution is 9.10. The first-order chi connectivity index (χ1) is 14.5. The second kappa shape index (κ2) is 10.1. The van der Waals surface area contributed by atoms with Crippen LogP contribution in [0.25, 0.3) is 0 Å². The van der Waals surface area contributed by atoms with Gasteiger partial charge >= 0.3 is 0 Å². The number of rotatable bonds is 8. The zero-order valence-electron chi connectivity index (χ0n) is 16.3. The summed E-state index contributed by atoms with van der Waals surface area (Å²) in [6.45, 7) is 4.14. The Bertz CT molecular complexity index is 928. The Hall–Kier alpha value is -3.13. The normalized spacial score (nSPS) is 15.6. The van der Waals surface area contributed by atoms with Gasteiger partial charge in [-0.1, -0.05) is 22.0 Å². The molecule has 30 heavy (non-hydrogen) atoms. The lowest BCUT2D eigenvalue weighted by atomic mass is 10.1. The van der Waals surface area contributed by atoms with Gasteiger partial charge in [-0.3, -0.25) is 14.4 Å². The third-order valence-corrected chi connectivity index (χ3v) is 5.09. The molecule has 3 rings (SSSR count). The molecule has 156 valence electrons. The van der Waals surface area contributed by atoms with E-state index < -0.39 is 0 Å². The molecule has 0 saturated carbocycles. The number of hydrogen-bond donors (Lipinski definition) is 2. The van der Waals surface area contributed by atoms with Crippen LogP contribution in [0.1, 0.15) is 6.42 Å². The SMILES string of the molecule is C=CCNC(=O)C1CC(=O)N(c2ccc(OCC(=O)Nc3ccc(Br)cc3)cc2)C1. The van der Waals surface area contributed by atoms with Crippen molar-refractivity contribution >= 4 is 45.0 Å². The predicted octanol–water partition coefficient (Wildman–Crippen LogP) is 3.12. The molecule has 0 bridgehead atoms. The summed E-state index contributed by atoms with van der Waals surface area (Å²) in [6.07, 6.45) is 1.78. The Morgan fingerprint density at radius 3 is 2.53 bits per heavy atom. The Morgan fingerprint density at radius 1 is 1.17 bits per heavy atom. The van der Waals surface area contributed by atoms with Crippen molar-refractivity contribution in [1.82, 2.24) is 5.32 Å². The van der Waals surface area contributed by atoms with Gasteiger partial charge in [-0.05, 0) is 48.5 Å². The molecule has 1 unspecified atom stereocenters. The fourth-order valence-electron chi connectivity index (χ4n) is 3.05. The molecule has 7 nitrogen and oxygen atoms in total. The molecule has 1 heterocycles. The summed E-state index contributed by atoms with van der Waals surface area (Å²) in [7, 11) is 0. The highest BCUT2D eigenvalue weighted by Crippen LogP contribution is 2.27. The summed E-state index contributed by atoms with van der Waals surface area (Å²) in [4.78, 5) is 38.0. The van der Waals surface area contributed by atoms with Crippen LogP contribution in [0.2, 0.25) is 0 Å². The number of benzene rings is 2. The third kappa shape index (κ3) is 5.70. The van der Waals surface area contributed by atoms with Crippen molar-refractivity contribution in [3.8, 4) is 5.75 Å². The zero-order chi connectivity index (χ0) is 21.5. The van der Waals surface area contributed by atoms with Crippen LogP contribution in [0.3, 0.4) is 0 Å². The van der Waals surface area contributed by atoms with Crippen molar-refractivity contribution in [2.75, 3.05) is 29.9 Å². The summed E-state index contributed by atoms with van der Waals surface area (Å²) < 4.78 is 6.44. The summed E-state index contributed by atoms with van der Waals surface area (Å²) >= 11 is 3.34. The van der Waals surface area contributed by atoms with E-state index in [0.29, 0.717) is 30.2 Å². The molecule has 1 aliphatic heterocycles. The molecule has 0 aliphatic carbocycles. The maximum atomic E-state index is 12.3. The van der Waals surface area contributed by atoms with Crippen LogP contribution in [-0.2, 0) is 14.4 Å². The number of carbonyl (C=O) groups excluding carboxylic acids is 3. The van der Waals surface area contributed by atoms with Gasteiger partial charge in [0.15, 0.2) is 6.61 Å². The Labute approximate surface area is 183 Å². The van der Waals surface area contributed by atoms with Crippen molar-refractivity contribution < 1.29 is 19.1 Å². The molecule has 3 amide bonds. The molecule has 8 heteroatoms. The molecule has 1 atom stereocenters. The number of hydrogen-bond acceptors (Lipinski definition) is 4. The minimum absolute atomic E-state index is 0.101. The second-order valence-electron chi connectivity index (χ2n) is 6.78. The van der Waals surface area contributed by atoms with Gasteiger partial charge in [0, 0.05) is 35.4 Å². The van der Waals surface area contributed by atoms with E-state index in [9.17, 15) is 14.4 Å². The van der Waals surface area contributed by atoms with Crippen LogP contribution in [0.4, 0.5) is 11.4 Å². The van der Waals surface area contributed by atoms with Gasteiger partial charge in [-0.15, -0.1) is 6.58 Å². The average molecular weight is 472 g/mol. The zero-order valence-corrected chi connectivity index (χ0v) is 17.9. The third-order valence-electron chi connectivity index (χ3n) is 4.56. The second-order valence-corrected chi connectivity index (χ2v) is 7.69. The van der Waals surface area contributed by atoms with Gasteiger partial charge in [0.1, 0.15) is 5.75 Å². The molecule has 0 spiro atoms. The van der Waals surface area contributed by atoms with Crippen molar-refractivity contribution in [2.24, 2.45) is 5.92 Å². The van der Waals surface area contributed by atoms with Crippen molar-refractivity contribution in [1.29, 1.82) is 0 Å². The Kier molecular flexibility index (Phi) is 7.24.